The smallest absolute Gasteiger partial charge is 0.262 e. The third-order valence-corrected chi connectivity index (χ3v) is 4.66. The van der Waals surface area contributed by atoms with Gasteiger partial charge in [-0.25, -0.2) is 0 Å². The Balaban J connectivity index is 1.95. The molecule has 1 aliphatic carbocycles. The Morgan fingerprint density at radius 3 is 2.81 bits per heavy atom. The second-order valence-corrected chi connectivity index (χ2v) is 5.58. The molecule has 1 aromatic rings. The van der Waals surface area contributed by atoms with E-state index in [4.69, 9.17) is 11.6 Å². The van der Waals surface area contributed by atoms with E-state index in [-0.39, 0.29) is 5.91 Å². The van der Waals surface area contributed by atoms with Crippen LogP contribution < -0.4 is 5.32 Å². The average Bonchev–Trinajstić information content (AvgIpc) is 2.54. The van der Waals surface area contributed by atoms with Gasteiger partial charge in [-0.15, -0.1) is 11.3 Å². The maximum atomic E-state index is 11.8. The number of aliphatic hydroxyl groups is 1. The highest BCUT2D eigenvalue weighted by atomic mass is 35.5. The molecule has 1 aromatic heterocycles. The van der Waals surface area contributed by atoms with Crippen molar-refractivity contribution < 1.29 is 9.90 Å². The fourth-order valence-corrected chi connectivity index (χ4v) is 2.86. The summed E-state index contributed by atoms with van der Waals surface area (Å²) in [7, 11) is 0. The molecule has 1 fully saturated rings. The van der Waals surface area contributed by atoms with Crippen molar-refractivity contribution in [2.75, 3.05) is 6.54 Å². The standard InChI is InChI=1S/C11H14ClNO2S/c1-7-5-16-9(8(7)12)10(14)13-6-11(15)3-2-4-11/h5,15H,2-4,6H2,1H3,(H,13,14). The lowest BCUT2D eigenvalue weighted by Gasteiger charge is -2.36. The van der Waals surface area contributed by atoms with Crippen LogP contribution in [-0.2, 0) is 0 Å². The van der Waals surface area contributed by atoms with Crippen LogP contribution in [0.2, 0.25) is 5.02 Å². The van der Waals surface area contributed by atoms with E-state index in [2.05, 4.69) is 5.32 Å². The van der Waals surface area contributed by atoms with Crippen molar-refractivity contribution in [1.29, 1.82) is 0 Å². The highest BCUT2D eigenvalue weighted by Gasteiger charge is 2.34. The molecular weight excluding hydrogens is 246 g/mol. The molecule has 2 N–H and O–H groups in total. The van der Waals surface area contributed by atoms with Crippen LogP contribution in [0.3, 0.4) is 0 Å². The van der Waals surface area contributed by atoms with Crippen LogP contribution >= 0.6 is 22.9 Å². The van der Waals surface area contributed by atoms with Crippen molar-refractivity contribution in [3.05, 3.63) is 20.8 Å². The van der Waals surface area contributed by atoms with Gasteiger partial charge in [0.05, 0.1) is 10.6 Å². The van der Waals surface area contributed by atoms with Gasteiger partial charge in [0.2, 0.25) is 0 Å². The highest BCUT2D eigenvalue weighted by molar-refractivity contribution is 7.13. The molecule has 0 aromatic carbocycles. The third-order valence-electron chi connectivity index (χ3n) is 2.97. The molecule has 1 amide bonds. The Kier molecular flexibility index (Phi) is 3.24. The lowest BCUT2D eigenvalue weighted by molar-refractivity contribution is -0.0300. The van der Waals surface area contributed by atoms with E-state index in [0.717, 1.165) is 24.8 Å². The fourth-order valence-electron chi connectivity index (χ4n) is 1.67. The van der Waals surface area contributed by atoms with Crippen LogP contribution in [0.5, 0.6) is 0 Å². The minimum atomic E-state index is -0.686. The molecule has 1 saturated carbocycles. The summed E-state index contributed by atoms with van der Waals surface area (Å²) >= 11 is 7.32. The van der Waals surface area contributed by atoms with Crippen LogP contribution in [-0.4, -0.2) is 23.2 Å². The Hall–Kier alpha value is -0.580. The number of amides is 1. The fraction of sp³-hybridized carbons (Fsp3) is 0.545. The zero-order chi connectivity index (χ0) is 11.8. The highest BCUT2D eigenvalue weighted by Crippen LogP contribution is 2.31. The molecule has 1 heterocycles. The Bertz CT molecular complexity index is 412. The maximum Gasteiger partial charge on any atom is 0.262 e. The summed E-state index contributed by atoms with van der Waals surface area (Å²) in [5.41, 5.74) is 0.230. The molecule has 0 aliphatic heterocycles. The van der Waals surface area contributed by atoms with Gasteiger partial charge in [-0.2, -0.15) is 0 Å². The zero-order valence-electron chi connectivity index (χ0n) is 9.05. The summed E-state index contributed by atoms with van der Waals surface area (Å²) < 4.78 is 0. The minimum Gasteiger partial charge on any atom is -0.388 e. The first-order chi connectivity index (χ1) is 7.52. The molecule has 0 unspecified atom stereocenters. The van der Waals surface area contributed by atoms with E-state index in [9.17, 15) is 9.90 Å². The summed E-state index contributed by atoms with van der Waals surface area (Å²) in [6.45, 7) is 2.19. The molecule has 0 atom stereocenters. The second kappa shape index (κ2) is 4.35. The van der Waals surface area contributed by atoms with E-state index in [1.807, 2.05) is 12.3 Å². The molecule has 2 rings (SSSR count). The number of rotatable bonds is 3. The van der Waals surface area contributed by atoms with Gasteiger partial charge in [-0.1, -0.05) is 11.6 Å². The first-order valence-corrected chi connectivity index (χ1v) is 6.52. The first kappa shape index (κ1) is 11.9. The van der Waals surface area contributed by atoms with Gasteiger partial charge in [-0.3, -0.25) is 4.79 Å². The van der Waals surface area contributed by atoms with Gasteiger partial charge < -0.3 is 10.4 Å². The lowest BCUT2D eigenvalue weighted by Crippen LogP contribution is -2.47. The number of nitrogens with one attached hydrogen (secondary N) is 1. The van der Waals surface area contributed by atoms with E-state index < -0.39 is 5.60 Å². The quantitative estimate of drug-likeness (QED) is 0.876. The van der Waals surface area contributed by atoms with Gasteiger partial charge in [0.25, 0.3) is 5.91 Å². The molecule has 3 nitrogen and oxygen atoms in total. The molecule has 5 heteroatoms. The molecule has 1 aliphatic rings. The average molecular weight is 260 g/mol. The molecule has 16 heavy (non-hydrogen) atoms. The molecule has 0 bridgehead atoms. The molecule has 88 valence electrons. The number of aryl methyl sites for hydroxylation is 1. The normalized spacial score (nSPS) is 17.9. The second-order valence-electron chi connectivity index (χ2n) is 4.32. The van der Waals surface area contributed by atoms with Gasteiger partial charge in [0.15, 0.2) is 0 Å². The molecule has 0 saturated heterocycles. The van der Waals surface area contributed by atoms with Crippen LogP contribution in [0, 0.1) is 6.92 Å². The van der Waals surface area contributed by atoms with Gasteiger partial charge in [0.1, 0.15) is 4.88 Å². The van der Waals surface area contributed by atoms with Crippen molar-refractivity contribution in [2.45, 2.75) is 31.8 Å². The van der Waals surface area contributed by atoms with Crippen molar-refractivity contribution in [3.8, 4) is 0 Å². The Morgan fingerprint density at radius 1 is 1.69 bits per heavy atom. The monoisotopic (exact) mass is 259 g/mol. The van der Waals surface area contributed by atoms with Crippen LogP contribution in [0.1, 0.15) is 34.5 Å². The molecule has 0 spiro atoms. The number of carbonyl (C=O) groups is 1. The summed E-state index contributed by atoms with van der Waals surface area (Å²) in [5.74, 6) is -0.191. The molecular formula is C11H14ClNO2S. The van der Waals surface area contributed by atoms with Crippen LogP contribution in [0.4, 0.5) is 0 Å². The predicted octanol–water partition coefficient (Wildman–Crippen LogP) is 2.35. The zero-order valence-corrected chi connectivity index (χ0v) is 10.6. The van der Waals surface area contributed by atoms with Crippen molar-refractivity contribution in [2.24, 2.45) is 0 Å². The minimum absolute atomic E-state index is 0.191. The first-order valence-electron chi connectivity index (χ1n) is 5.26. The summed E-state index contributed by atoms with van der Waals surface area (Å²) in [6.07, 6.45) is 2.57. The third kappa shape index (κ3) is 2.24. The number of thiophene rings is 1. The Labute approximate surface area is 103 Å². The van der Waals surface area contributed by atoms with Crippen LogP contribution in [0.15, 0.2) is 5.38 Å². The van der Waals surface area contributed by atoms with Crippen LogP contribution in [0.25, 0.3) is 0 Å². The number of hydrogen-bond donors (Lipinski definition) is 2. The van der Waals surface area contributed by atoms with E-state index in [1.54, 1.807) is 0 Å². The van der Waals surface area contributed by atoms with E-state index in [0.29, 0.717) is 16.4 Å². The summed E-state index contributed by atoms with van der Waals surface area (Å²) in [4.78, 5) is 12.3. The predicted molar refractivity (Wildman–Crippen MR) is 65.2 cm³/mol. The number of hydrogen-bond acceptors (Lipinski definition) is 3. The summed E-state index contributed by atoms with van der Waals surface area (Å²) in [6, 6.07) is 0. The van der Waals surface area contributed by atoms with Gasteiger partial charge in [0, 0.05) is 6.54 Å². The van der Waals surface area contributed by atoms with Gasteiger partial charge >= 0.3 is 0 Å². The van der Waals surface area contributed by atoms with Gasteiger partial charge in [-0.05, 0) is 37.1 Å². The SMILES string of the molecule is Cc1csc(C(=O)NCC2(O)CCC2)c1Cl. The Morgan fingerprint density at radius 2 is 2.38 bits per heavy atom. The van der Waals surface area contributed by atoms with Crippen molar-refractivity contribution in [1.82, 2.24) is 5.32 Å². The number of halogens is 1. The lowest BCUT2D eigenvalue weighted by atomic mass is 9.80. The van der Waals surface area contributed by atoms with Crippen molar-refractivity contribution in [3.63, 3.8) is 0 Å². The largest absolute Gasteiger partial charge is 0.388 e. The topological polar surface area (TPSA) is 49.3 Å². The van der Waals surface area contributed by atoms with Crippen molar-refractivity contribution >= 4 is 28.8 Å². The van der Waals surface area contributed by atoms with E-state index >= 15 is 0 Å². The number of carbonyl (C=O) groups excluding carboxylic acids is 1. The summed E-state index contributed by atoms with van der Waals surface area (Å²) in [5, 5.41) is 14.9. The van der Waals surface area contributed by atoms with E-state index in [1.165, 1.54) is 11.3 Å². The maximum absolute atomic E-state index is 11.8. The molecule has 0 radical (unpaired) electrons.